The van der Waals surface area contributed by atoms with E-state index in [1.54, 1.807) is 18.3 Å². The number of methoxy groups -OCH3 is 1. The fourth-order valence-corrected chi connectivity index (χ4v) is 3.55. The van der Waals surface area contributed by atoms with E-state index < -0.39 is 0 Å². The Morgan fingerprint density at radius 1 is 1.14 bits per heavy atom. The smallest absolute Gasteiger partial charge is 0.255 e. The van der Waals surface area contributed by atoms with Gasteiger partial charge in [0.2, 0.25) is 5.89 Å². The molecule has 0 bridgehead atoms. The summed E-state index contributed by atoms with van der Waals surface area (Å²) in [5.41, 5.74) is 3.77. The highest BCUT2D eigenvalue weighted by Crippen LogP contribution is 2.34. The Labute approximate surface area is 176 Å². The first-order valence-electron chi connectivity index (χ1n) is 8.63. The van der Waals surface area contributed by atoms with Gasteiger partial charge in [-0.1, -0.05) is 23.2 Å². The molecule has 4 rings (SSSR count). The molecule has 0 saturated heterocycles. The molecular formula is C21H15Cl2N3O3. The minimum atomic E-state index is -0.335. The first kappa shape index (κ1) is 19.2. The number of nitrogens with one attached hydrogen (secondary N) is 1. The van der Waals surface area contributed by atoms with Gasteiger partial charge in [-0.25, -0.2) is 4.98 Å². The first-order chi connectivity index (χ1) is 14.0. The fourth-order valence-electron chi connectivity index (χ4n) is 2.91. The number of ether oxygens (including phenoxy) is 1. The Morgan fingerprint density at radius 3 is 2.55 bits per heavy atom. The molecule has 0 radical (unpaired) electrons. The van der Waals surface area contributed by atoms with Crippen LogP contribution >= 0.6 is 23.2 Å². The lowest BCUT2D eigenvalue weighted by atomic mass is 10.1. The van der Waals surface area contributed by atoms with Gasteiger partial charge in [-0.05, 0) is 55.0 Å². The van der Waals surface area contributed by atoms with Crippen LogP contribution in [0.3, 0.4) is 0 Å². The summed E-state index contributed by atoms with van der Waals surface area (Å²) in [6, 6.07) is 12.1. The van der Waals surface area contributed by atoms with Crippen LogP contribution in [0.1, 0.15) is 15.9 Å². The molecule has 0 aliphatic rings. The van der Waals surface area contributed by atoms with E-state index in [-0.39, 0.29) is 16.0 Å². The Balaban J connectivity index is 1.59. The summed E-state index contributed by atoms with van der Waals surface area (Å²) in [5, 5.41) is 3.39. The number of carbonyl (C=O) groups is 1. The Bertz CT molecular complexity index is 1180. The second-order valence-electron chi connectivity index (χ2n) is 6.30. The topological polar surface area (TPSA) is 77.2 Å². The summed E-state index contributed by atoms with van der Waals surface area (Å²) >= 11 is 12.2. The number of carbonyl (C=O) groups excluding carboxylic acids is 1. The van der Waals surface area contributed by atoms with Crippen LogP contribution in [-0.2, 0) is 0 Å². The van der Waals surface area contributed by atoms with Crippen LogP contribution in [0.2, 0.25) is 10.0 Å². The summed E-state index contributed by atoms with van der Waals surface area (Å²) in [7, 11) is 1.46. The van der Waals surface area contributed by atoms with E-state index >= 15 is 0 Å². The molecule has 0 fully saturated rings. The lowest BCUT2D eigenvalue weighted by Gasteiger charge is -2.11. The molecule has 4 aromatic rings. The molecule has 2 heterocycles. The molecule has 0 aliphatic carbocycles. The monoisotopic (exact) mass is 427 g/mol. The molecule has 2 aromatic heterocycles. The molecule has 0 saturated carbocycles. The van der Waals surface area contributed by atoms with Crippen molar-refractivity contribution in [2.24, 2.45) is 0 Å². The van der Waals surface area contributed by atoms with Crippen molar-refractivity contribution in [3.8, 4) is 17.2 Å². The SMILES string of the molecule is COc1c(Cl)cc(C(=O)Nc2ccc(-c3nc4ncccc4o3)cc2C)cc1Cl. The summed E-state index contributed by atoms with van der Waals surface area (Å²) in [6.45, 7) is 1.88. The van der Waals surface area contributed by atoms with E-state index in [1.165, 1.54) is 19.2 Å². The molecule has 0 unspecified atom stereocenters. The number of benzene rings is 2. The zero-order chi connectivity index (χ0) is 20.5. The van der Waals surface area contributed by atoms with Crippen LogP contribution in [0.5, 0.6) is 5.75 Å². The van der Waals surface area contributed by atoms with Gasteiger partial charge in [-0.2, -0.15) is 4.98 Å². The Morgan fingerprint density at radius 2 is 1.90 bits per heavy atom. The van der Waals surface area contributed by atoms with Crippen LogP contribution in [0.25, 0.3) is 22.7 Å². The van der Waals surface area contributed by atoms with Crippen LogP contribution in [0, 0.1) is 6.92 Å². The molecule has 6 nitrogen and oxygen atoms in total. The van der Waals surface area contributed by atoms with Crippen molar-refractivity contribution in [3.05, 3.63) is 69.8 Å². The second kappa shape index (κ2) is 7.73. The number of aryl methyl sites for hydroxylation is 1. The van der Waals surface area contributed by atoms with Gasteiger partial charge >= 0.3 is 0 Å². The maximum atomic E-state index is 12.6. The van der Waals surface area contributed by atoms with Crippen molar-refractivity contribution in [2.45, 2.75) is 6.92 Å². The van der Waals surface area contributed by atoms with Crippen LogP contribution < -0.4 is 10.1 Å². The maximum absolute atomic E-state index is 12.6. The number of aromatic nitrogens is 2. The first-order valence-corrected chi connectivity index (χ1v) is 9.39. The number of halogens is 2. The molecular weight excluding hydrogens is 413 g/mol. The van der Waals surface area contributed by atoms with Crippen molar-refractivity contribution in [1.29, 1.82) is 0 Å². The van der Waals surface area contributed by atoms with Gasteiger partial charge < -0.3 is 14.5 Å². The predicted octanol–water partition coefficient (Wildman–Crippen LogP) is 5.77. The van der Waals surface area contributed by atoms with Gasteiger partial charge in [0.25, 0.3) is 5.91 Å². The van der Waals surface area contributed by atoms with E-state index in [4.69, 9.17) is 32.4 Å². The lowest BCUT2D eigenvalue weighted by molar-refractivity contribution is 0.102. The van der Waals surface area contributed by atoms with E-state index in [2.05, 4.69) is 15.3 Å². The summed E-state index contributed by atoms with van der Waals surface area (Å²) < 4.78 is 10.9. The summed E-state index contributed by atoms with van der Waals surface area (Å²) in [6.07, 6.45) is 1.66. The lowest BCUT2D eigenvalue weighted by Crippen LogP contribution is -2.13. The average molecular weight is 428 g/mol. The number of amides is 1. The summed E-state index contributed by atoms with van der Waals surface area (Å²) in [5.74, 6) is 0.463. The second-order valence-corrected chi connectivity index (χ2v) is 7.12. The van der Waals surface area contributed by atoms with Crippen molar-refractivity contribution in [2.75, 3.05) is 12.4 Å². The highest BCUT2D eigenvalue weighted by Gasteiger charge is 2.15. The molecule has 1 amide bonds. The van der Waals surface area contributed by atoms with Crippen LogP contribution in [0.15, 0.2) is 53.1 Å². The van der Waals surface area contributed by atoms with Crippen molar-refractivity contribution in [1.82, 2.24) is 9.97 Å². The van der Waals surface area contributed by atoms with Crippen molar-refractivity contribution < 1.29 is 13.9 Å². The van der Waals surface area contributed by atoms with E-state index in [1.807, 2.05) is 25.1 Å². The molecule has 0 spiro atoms. The predicted molar refractivity (Wildman–Crippen MR) is 113 cm³/mol. The number of hydrogen-bond acceptors (Lipinski definition) is 5. The van der Waals surface area contributed by atoms with Gasteiger partial charge in [0, 0.05) is 23.0 Å². The fraction of sp³-hybridized carbons (Fsp3) is 0.0952. The number of fused-ring (bicyclic) bond motifs is 1. The number of anilines is 1. The molecule has 1 N–H and O–H groups in total. The van der Waals surface area contributed by atoms with Gasteiger partial charge in [-0.3, -0.25) is 4.79 Å². The van der Waals surface area contributed by atoms with Crippen LogP contribution in [-0.4, -0.2) is 23.0 Å². The normalized spacial score (nSPS) is 10.9. The maximum Gasteiger partial charge on any atom is 0.255 e. The third-order valence-corrected chi connectivity index (χ3v) is 4.91. The highest BCUT2D eigenvalue weighted by molar-refractivity contribution is 6.37. The van der Waals surface area contributed by atoms with Crippen LogP contribution in [0.4, 0.5) is 5.69 Å². The summed E-state index contributed by atoms with van der Waals surface area (Å²) in [4.78, 5) is 21.2. The largest absolute Gasteiger partial charge is 0.494 e. The Hall–Kier alpha value is -3.09. The van der Waals surface area contributed by atoms with Gasteiger partial charge in [-0.15, -0.1) is 0 Å². The minimum absolute atomic E-state index is 0.266. The van der Waals surface area contributed by atoms with E-state index in [0.717, 1.165) is 11.1 Å². The molecule has 2 aromatic carbocycles. The Kier molecular flexibility index (Phi) is 5.13. The van der Waals surface area contributed by atoms with Gasteiger partial charge in [0.15, 0.2) is 17.0 Å². The van der Waals surface area contributed by atoms with Gasteiger partial charge in [0.05, 0.1) is 17.2 Å². The number of oxazole rings is 1. The molecule has 29 heavy (non-hydrogen) atoms. The zero-order valence-electron chi connectivity index (χ0n) is 15.5. The molecule has 0 atom stereocenters. The highest BCUT2D eigenvalue weighted by atomic mass is 35.5. The van der Waals surface area contributed by atoms with E-state index in [0.29, 0.717) is 34.1 Å². The molecule has 8 heteroatoms. The van der Waals surface area contributed by atoms with Gasteiger partial charge in [0.1, 0.15) is 0 Å². The van der Waals surface area contributed by atoms with E-state index in [9.17, 15) is 4.79 Å². The third-order valence-electron chi connectivity index (χ3n) is 4.35. The number of hydrogen-bond donors (Lipinski definition) is 1. The third kappa shape index (κ3) is 3.77. The number of pyridine rings is 1. The quantitative estimate of drug-likeness (QED) is 0.447. The van der Waals surface area contributed by atoms with Crippen molar-refractivity contribution >= 4 is 46.0 Å². The number of rotatable bonds is 4. The zero-order valence-corrected chi connectivity index (χ0v) is 17.0. The minimum Gasteiger partial charge on any atom is -0.494 e. The molecule has 146 valence electrons. The average Bonchev–Trinajstić information content (AvgIpc) is 3.13. The standard InChI is InChI=1S/C21H15Cl2N3O3/c1-11-8-12(21-26-19-17(29-21)4-3-7-24-19)5-6-16(11)25-20(27)13-9-14(22)18(28-2)15(23)10-13/h3-10H,1-2H3,(H,25,27). The molecule has 0 aliphatic heterocycles. The number of nitrogens with zero attached hydrogens (tertiary/aromatic N) is 2. The van der Waals surface area contributed by atoms with Crippen molar-refractivity contribution in [3.63, 3.8) is 0 Å².